The number of hydrogen-bond acceptors (Lipinski definition) is 4. The molecule has 2 N–H and O–H groups in total. The van der Waals surface area contributed by atoms with Gasteiger partial charge in [-0.15, -0.1) is 0 Å². The Morgan fingerprint density at radius 2 is 2.14 bits per heavy atom. The van der Waals surface area contributed by atoms with E-state index in [-0.39, 0.29) is 6.03 Å². The molecule has 112 valence electrons. The van der Waals surface area contributed by atoms with E-state index in [1.165, 1.54) is 0 Å². The van der Waals surface area contributed by atoms with Crippen molar-refractivity contribution in [2.75, 3.05) is 0 Å². The van der Waals surface area contributed by atoms with Gasteiger partial charge in [-0.1, -0.05) is 6.07 Å². The van der Waals surface area contributed by atoms with Gasteiger partial charge >= 0.3 is 6.03 Å². The lowest BCUT2D eigenvalue weighted by atomic mass is 10.3. The molecule has 0 fully saturated rings. The highest BCUT2D eigenvalue weighted by Gasteiger charge is 2.03. The molecule has 0 aromatic carbocycles. The third-order valence-electron chi connectivity index (χ3n) is 3.03. The number of nitrogens with zero attached hydrogens (tertiary/aromatic N) is 3. The third-order valence-corrected chi connectivity index (χ3v) is 3.03. The Hall–Kier alpha value is -3.09. The van der Waals surface area contributed by atoms with Crippen LogP contribution in [0.1, 0.15) is 11.3 Å². The minimum atomic E-state index is -0.255. The second-order valence-electron chi connectivity index (χ2n) is 4.61. The number of urea groups is 1. The standard InChI is InChI=1S/C15H15N5O2/c21-15(19-10-13-2-1-7-22-13)18-9-12-3-4-14(17-8-12)20-6-5-16-11-20/h1-8,11H,9-10H2,(H2,18,19,21). The molecule has 3 aromatic heterocycles. The van der Waals surface area contributed by atoms with E-state index >= 15 is 0 Å². The number of nitrogens with one attached hydrogen (secondary N) is 2. The van der Waals surface area contributed by atoms with Crippen molar-refractivity contribution in [3.8, 4) is 5.82 Å². The molecule has 0 bridgehead atoms. The van der Waals surface area contributed by atoms with Crippen molar-refractivity contribution in [3.63, 3.8) is 0 Å². The van der Waals surface area contributed by atoms with Crippen molar-refractivity contribution < 1.29 is 9.21 Å². The van der Waals surface area contributed by atoms with Gasteiger partial charge in [-0.2, -0.15) is 0 Å². The fourth-order valence-electron chi connectivity index (χ4n) is 1.89. The molecule has 0 unspecified atom stereocenters. The Labute approximate surface area is 127 Å². The van der Waals surface area contributed by atoms with E-state index in [1.807, 2.05) is 22.9 Å². The van der Waals surface area contributed by atoms with Crippen LogP contribution in [0.2, 0.25) is 0 Å². The van der Waals surface area contributed by atoms with Gasteiger partial charge in [0.15, 0.2) is 0 Å². The lowest BCUT2D eigenvalue weighted by molar-refractivity contribution is 0.239. The van der Waals surface area contributed by atoms with Crippen molar-refractivity contribution in [1.29, 1.82) is 0 Å². The summed E-state index contributed by atoms with van der Waals surface area (Å²) in [5.74, 6) is 1.49. The number of aromatic nitrogens is 3. The highest BCUT2D eigenvalue weighted by Crippen LogP contribution is 2.05. The van der Waals surface area contributed by atoms with Crippen LogP contribution in [-0.2, 0) is 13.1 Å². The SMILES string of the molecule is O=C(NCc1ccc(-n2ccnc2)nc1)NCc1ccco1. The fourth-order valence-corrected chi connectivity index (χ4v) is 1.89. The van der Waals surface area contributed by atoms with Crippen LogP contribution >= 0.6 is 0 Å². The van der Waals surface area contributed by atoms with Crippen LogP contribution in [0, 0.1) is 0 Å². The number of rotatable bonds is 5. The Morgan fingerprint density at radius 1 is 1.23 bits per heavy atom. The summed E-state index contributed by atoms with van der Waals surface area (Å²) in [7, 11) is 0. The molecule has 0 radical (unpaired) electrons. The van der Waals surface area contributed by atoms with Crippen LogP contribution in [-0.4, -0.2) is 20.6 Å². The molecule has 3 rings (SSSR count). The fraction of sp³-hybridized carbons (Fsp3) is 0.133. The Morgan fingerprint density at radius 3 is 2.82 bits per heavy atom. The number of pyridine rings is 1. The maximum Gasteiger partial charge on any atom is 0.315 e. The highest BCUT2D eigenvalue weighted by atomic mass is 16.3. The second kappa shape index (κ2) is 6.57. The lowest BCUT2D eigenvalue weighted by Gasteiger charge is -2.07. The molecule has 3 aromatic rings. The van der Waals surface area contributed by atoms with Gasteiger partial charge in [0.25, 0.3) is 0 Å². The molecule has 7 nitrogen and oxygen atoms in total. The van der Waals surface area contributed by atoms with E-state index in [2.05, 4.69) is 20.6 Å². The molecular weight excluding hydrogens is 282 g/mol. The number of carbonyl (C=O) groups excluding carboxylic acids is 1. The minimum Gasteiger partial charge on any atom is -0.467 e. The van der Waals surface area contributed by atoms with Crippen molar-refractivity contribution >= 4 is 6.03 Å². The maximum atomic E-state index is 11.7. The van der Waals surface area contributed by atoms with Crippen LogP contribution < -0.4 is 10.6 Å². The monoisotopic (exact) mass is 297 g/mol. The van der Waals surface area contributed by atoms with Crippen LogP contribution in [0.5, 0.6) is 0 Å². The normalized spacial score (nSPS) is 10.4. The molecule has 0 atom stereocenters. The highest BCUT2D eigenvalue weighted by molar-refractivity contribution is 5.73. The van der Waals surface area contributed by atoms with E-state index in [0.717, 1.165) is 11.4 Å². The van der Waals surface area contributed by atoms with E-state index in [4.69, 9.17) is 4.42 Å². The molecule has 0 spiro atoms. The third kappa shape index (κ3) is 3.51. The number of furan rings is 1. The average molecular weight is 297 g/mol. The topological polar surface area (TPSA) is 85.0 Å². The minimum absolute atomic E-state index is 0.255. The van der Waals surface area contributed by atoms with E-state index in [9.17, 15) is 4.79 Å². The molecule has 0 aliphatic rings. The quantitative estimate of drug-likeness (QED) is 0.752. The number of amides is 2. The zero-order valence-corrected chi connectivity index (χ0v) is 11.8. The summed E-state index contributed by atoms with van der Waals surface area (Å²) < 4.78 is 6.95. The van der Waals surface area contributed by atoms with E-state index < -0.39 is 0 Å². The summed E-state index contributed by atoms with van der Waals surface area (Å²) >= 11 is 0. The predicted molar refractivity (Wildman–Crippen MR) is 79.1 cm³/mol. The van der Waals surface area contributed by atoms with Gasteiger partial charge in [0.1, 0.15) is 17.9 Å². The lowest BCUT2D eigenvalue weighted by Crippen LogP contribution is -2.34. The molecular formula is C15H15N5O2. The van der Waals surface area contributed by atoms with Crippen LogP contribution in [0.25, 0.3) is 5.82 Å². The van der Waals surface area contributed by atoms with Gasteiger partial charge in [0, 0.05) is 25.1 Å². The number of hydrogen-bond donors (Lipinski definition) is 2. The van der Waals surface area contributed by atoms with Gasteiger partial charge in [-0.25, -0.2) is 14.8 Å². The molecule has 22 heavy (non-hydrogen) atoms. The zero-order chi connectivity index (χ0) is 15.2. The first-order valence-corrected chi connectivity index (χ1v) is 6.78. The molecule has 3 heterocycles. The van der Waals surface area contributed by atoms with Gasteiger partial charge in [0.05, 0.1) is 12.8 Å². The average Bonchev–Trinajstić information content (AvgIpc) is 3.24. The zero-order valence-electron chi connectivity index (χ0n) is 11.8. The first-order chi connectivity index (χ1) is 10.8. The molecule has 2 amide bonds. The summed E-state index contributed by atoms with van der Waals surface area (Å²) in [4.78, 5) is 20.0. The van der Waals surface area contributed by atoms with E-state index in [0.29, 0.717) is 18.8 Å². The van der Waals surface area contributed by atoms with Crippen molar-refractivity contribution in [2.24, 2.45) is 0 Å². The smallest absolute Gasteiger partial charge is 0.315 e. The summed E-state index contributed by atoms with van der Waals surface area (Å²) in [6.45, 7) is 0.762. The molecule has 7 heteroatoms. The Bertz CT molecular complexity index is 705. The largest absolute Gasteiger partial charge is 0.467 e. The molecule has 0 saturated heterocycles. The van der Waals surface area contributed by atoms with Gasteiger partial charge in [-0.3, -0.25) is 4.57 Å². The second-order valence-corrected chi connectivity index (χ2v) is 4.61. The van der Waals surface area contributed by atoms with E-state index in [1.54, 1.807) is 37.1 Å². The Kier molecular flexibility index (Phi) is 4.15. The first-order valence-electron chi connectivity index (χ1n) is 6.78. The first kappa shape index (κ1) is 13.9. The molecule has 0 aliphatic heterocycles. The van der Waals surface area contributed by atoms with Crippen molar-refractivity contribution in [1.82, 2.24) is 25.2 Å². The van der Waals surface area contributed by atoms with Crippen LogP contribution in [0.3, 0.4) is 0 Å². The molecule has 0 saturated carbocycles. The maximum absolute atomic E-state index is 11.7. The Balaban J connectivity index is 1.48. The summed E-state index contributed by atoms with van der Waals surface area (Å²) in [6, 6.07) is 7.12. The predicted octanol–water partition coefficient (Wildman–Crippen LogP) is 1.86. The van der Waals surface area contributed by atoms with Crippen LogP contribution in [0.15, 0.2) is 59.9 Å². The summed E-state index contributed by atoms with van der Waals surface area (Å²) in [6.07, 6.45) is 8.50. The van der Waals surface area contributed by atoms with Gasteiger partial charge < -0.3 is 15.1 Å². The van der Waals surface area contributed by atoms with Gasteiger partial charge in [0.2, 0.25) is 0 Å². The number of carbonyl (C=O) groups is 1. The molecule has 0 aliphatic carbocycles. The van der Waals surface area contributed by atoms with Crippen LogP contribution in [0.4, 0.5) is 4.79 Å². The van der Waals surface area contributed by atoms with Crippen molar-refractivity contribution in [3.05, 3.63) is 66.8 Å². The summed E-state index contributed by atoms with van der Waals surface area (Å²) in [5.41, 5.74) is 0.914. The number of imidazole rings is 1. The van der Waals surface area contributed by atoms with Gasteiger partial charge in [-0.05, 0) is 23.8 Å². The summed E-state index contributed by atoms with van der Waals surface area (Å²) in [5, 5.41) is 5.48. The van der Waals surface area contributed by atoms with Crippen molar-refractivity contribution in [2.45, 2.75) is 13.1 Å².